The van der Waals surface area contributed by atoms with E-state index in [0.717, 1.165) is 52.8 Å². The number of nitrogens with one attached hydrogen (secondary N) is 1. The van der Waals surface area contributed by atoms with E-state index in [2.05, 4.69) is 11.4 Å². The molecule has 3 heterocycles. The molecule has 2 aliphatic rings. The van der Waals surface area contributed by atoms with Crippen LogP contribution in [0.25, 0.3) is 16.9 Å². The molecule has 0 amide bonds. The lowest BCUT2D eigenvalue weighted by molar-refractivity contribution is 0.174. The number of hydrogen-bond donors (Lipinski definition) is 1. The normalized spacial score (nSPS) is 14.0. The predicted molar refractivity (Wildman–Crippen MR) is 92.0 cm³/mol. The molecule has 5 rings (SSSR count). The molecule has 2 aromatic carbocycles. The van der Waals surface area contributed by atoms with Crippen LogP contribution in [0.1, 0.15) is 11.1 Å². The van der Waals surface area contributed by atoms with Crippen molar-refractivity contribution in [3.63, 3.8) is 0 Å². The minimum atomic E-state index is 0.252. The van der Waals surface area contributed by atoms with Crippen LogP contribution in [0.3, 0.4) is 0 Å². The van der Waals surface area contributed by atoms with Gasteiger partial charge in [-0.15, -0.1) is 0 Å². The smallest absolute Gasteiger partial charge is 0.231 e. The van der Waals surface area contributed by atoms with Crippen LogP contribution in [0.2, 0.25) is 0 Å². The minimum absolute atomic E-state index is 0.252. The number of aromatic nitrogens is 2. The van der Waals surface area contributed by atoms with Gasteiger partial charge in [0.1, 0.15) is 11.9 Å². The molecule has 0 radical (unpaired) electrons. The first-order chi connectivity index (χ1) is 12.3. The van der Waals surface area contributed by atoms with Gasteiger partial charge in [-0.1, -0.05) is 12.1 Å². The molecule has 0 bridgehead atoms. The zero-order valence-electron chi connectivity index (χ0n) is 13.3. The maximum Gasteiger partial charge on any atom is 0.231 e. The van der Waals surface area contributed by atoms with Gasteiger partial charge >= 0.3 is 0 Å². The number of anilines is 1. The summed E-state index contributed by atoms with van der Waals surface area (Å²) in [6, 6.07) is 15.6. The Kier molecular flexibility index (Phi) is 2.94. The van der Waals surface area contributed by atoms with Crippen molar-refractivity contribution in [2.75, 3.05) is 18.7 Å². The lowest BCUT2D eigenvalue weighted by Crippen LogP contribution is -2.05. The third-order valence-corrected chi connectivity index (χ3v) is 4.55. The van der Waals surface area contributed by atoms with E-state index in [1.807, 2.05) is 41.1 Å². The van der Waals surface area contributed by atoms with Gasteiger partial charge in [0.25, 0.3) is 0 Å². The molecule has 0 atom stereocenters. The summed E-state index contributed by atoms with van der Waals surface area (Å²) in [5, 5.41) is 17.6. The van der Waals surface area contributed by atoms with E-state index in [1.165, 1.54) is 0 Å². The molecule has 1 N–H and O–H groups in total. The lowest BCUT2D eigenvalue weighted by Gasteiger charge is -2.07. The number of hydrogen-bond acceptors (Lipinski definition) is 5. The van der Waals surface area contributed by atoms with Crippen molar-refractivity contribution < 1.29 is 9.47 Å². The monoisotopic (exact) mass is 330 g/mol. The summed E-state index contributed by atoms with van der Waals surface area (Å²) >= 11 is 0. The van der Waals surface area contributed by atoms with Crippen LogP contribution in [0.5, 0.6) is 11.5 Å². The molecule has 122 valence electrons. The SMILES string of the molecule is N#Cc1ccccc1-n1nc(-c2ccc3c(c2)OCO3)c2c1NCC2. The van der Waals surface area contributed by atoms with Gasteiger partial charge in [-0.05, 0) is 36.8 Å². The highest BCUT2D eigenvalue weighted by atomic mass is 16.7. The van der Waals surface area contributed by atoms with Gasteiger partial charge in [0, 0.05) is 17.7 Å². The second-order valence-electron chi connectivity index (χ2n) is 5.96. The summed E-state index contributed by atoms with van der Waals surface area (Å²) in [6.45, 7) is 1.11. The van der Waals surface area contributed by atoms with Crippen LogP contribution in [0.4, 0.5) is 5.82 Å². The Morgan fingerprint density at radius 2 is 2.00 bits per heavy atom. The summed E-state index contributed by atoms with van der Waals surface area (Å²) in [7, 11) is 0. The van der Waals surface area contributed by atoms with Gasteiger partial charge in [-0.25, -0.2) is 4.68 Å². The Bertz CT molecular complexity index is 1030. The first kappa shape index (κ1) is 13.9. The van der Waals surface area contributed by atoms with Crippen LogP contribution >= 0.6 is 0 Å². The first-order valence-electron chi connectivity index (χ1n) is 8.10. The van der Waals surface area contributed by atoms with Crippen LogP contribution < -0.4 is 14.8 Å². The maximum atomic E-state index is 9.42. The number of para-hydroxylation sites is 1. The van der Waals surface area contributed by atoms with Crippen molar-refractivity contribution in [1.82, 2.24) is 9.78 Å². The highest BCUT2D eigenvalue weighted by Crippen LogP contribution is 2.40. The molecule has 0 aliphatic carbocycles. The van der Waals surface area contributed by atoms with E-state index in [9.17, 15) is 5.26 Å². The Balaban J connectivity index is 1.69. The number of rotatable bonds is 2. The highest BCUT2D eigenvalue weighted by molar-refractivity contribution is 5.75. The zero-order valence-corrected chi connectivity index (χ0v) is 13.3. The topological polar surface area (TPSA) is 72.1 Å². The fraction of sp³-hybridized carbons (Fsp3) is 0.158. The molecule has 0 saturated carbocycles. The van der Waals surface area contributed by atoms with Gasteiger partial charge in [0.15, 0.2) is 11.5 Å². The molecule has 0 saturated heterocycles. The summed E-state index contributed by atoms with van der Waals surface area (Å²) in [5.74, 6) is 2.45. The van der Waals surface area contributed by atoms with Crippen molar-refractivity contribution in [2.45, 2.75) is 6.42 Å². The van der Waals surface area contributed by atoms with Crippen LogP contribution in [-0.4, -0.2) is 23.1 Å². The van der Waals surface area contributed by atoms with E-state index < -0.39 is 0 Å². The summed E-state index contributed by atoms with van der Waals surface area (Å²) < 4.78 is 12.7. The molecule has 0 spiro atoms. The fourth-order valence-corrected chi connectivity index (χ4v) is 3.38. The number of benzene rings is 2. The standard InChI is InChI=1S/C19H14N4O2/c20-10-13-3-1-2-4-15(13)23-19-14(7-8-21-19)18(22-23)12-5-6-16-17(9-12)25-11-24-16/h1-6,9,21H,7-8,11H2. The molecular weight excluding hydrogens is 316 g/mol. The number of nitrogens with zero attached hydrogens (tertiary/aromatic N) is 3. The van der Waals surface area contributed by atoms with Gasteiger partial charge in [-0.3, -0.25) is 0 Å². The molecule has 0 fully saturated rings. The Morgan fingerprint density at radius 3 is 2.92 bits per heavy atom. The Morgan fingerprint density at radius 1 is 1.12 bits per heavy atom. The third-order valence-electron chi connectivity index (χ3n) is 4.55. The summed E-state index contributed by atoms with van der Waals surface area (Å²) in [6.07, 6.45) is 0.897. The quantitative estimate of drug-likeness (QED) is 0.782. The zero-order chi connectivity index (χ0) is 16.8. The van der Waals surface area contributed by atoms with Crippen molar-refractivity contribution in [3.05, 3.63) is 53.6 Å². The average molecular weight is 330 g/mol. The van der Waals surface area contributed by atoms with E-state index >= 15 is 0 Å². The number of fused-ring (bicyclic) bond motifs is 2. The molecule has 6 heteroatoms. The Labute approximate surface area is 144 Å². The van der Waals surface area contributed by atoms with Gasteiger partial charge in [0.05, 0.1) is 16.9 Å². The van der Waals surface area contributed by atoms with Crippen molar-refractivity contribution in [3.8, 4) is 34.5 Å². The van der Waals surface area contributed by atoms with E-state index in [0.29, 0.717) is 5.56 Å². The number of nitriles is 1. The molecule has 0 unspecified atom stereocenters. The molecule has 2 aliphatic heterocycles. The second-order valence-corrected chi connectivity index (χ2v) is 5.96. The summed E-state index contributed by atoms with van der Waals surface area (Å²) in [5.41, 5.74) is 4.43. The lowest BCUT2D eigenvalue weighted by atomic mass is 10.1. The third kappa shape index (κ3) is 2.06. The molecule has 6 nitrogen and oxygen atoms in total. The van der Waals surface area contributed by atoms with Crippen molar-refractivity contribution in [1.29, 1.82) is 5.26 Å². The Hall–Kier alpha value is -3.46. The molecule has 25 heavy (non-hydrogen) atoms. The van der Waals surface area contributed by atoms with Gasteiger partial charge in [-0.2, -0.15) is 10.4 Å². The molecular formula is C19H14N4O2. The van der Waals surface area contributed by atoms with E-state index in [-0.39, 0.29) is 6.79 Å². The largest absolute Gasteiger partial charge is 0.454 e. The first-order valence-corrected chi connectivity index (χ1v) is 8.10. The van der Waals surface area contributed by atoms with Gasteiger partial charge < -0.3 is 14.8 Å². The van der Waals surface area contributed by atoms with E-state index in [1.54, 1.807) is 6.07 Å². The van der Waals surface area contributed by atoms with Crippen LogP contribution in [0, 0.1) is 11.3 Å². The molecule has 1 aromatic heterocycles. The van der Waals surface area contributed by atoms with Crippen molar-refractivity contribution in [2.24, 2.45) is 0 Å². The van der Waals surface area contributed by atoms with Gasteiger partial charge in [0.2, 0.25) is 6.79 Å². The number of ether oxygens (including phenoxy) is 2. The molecule has 3 aromatic rings. The highest BCUT2D eigenvalue weighted by Gasteiger charge is 2.26. The minimum Gasteiger partial charge on any atom is -0.454 e. The fourth-order valence-electron chi connectivity index (χ4n) is 3.38. The average Bonchev–Trinajstić information content (AvgIpc) is 3.37. The van der Waals surface area contributed by atoms with Crippen LogP contribution in [0.15, 0.2) is 42.5 Å². The predicted octanol–water partition coefficient (Wildman–Crippen LogP) is 3.11. The summed E-state index contributed by atoms with van der Waals surface area (Å²) in [4.78, 5) is 0. The second kappa shape index (κ2) is 5.28. The maximum absolute atomic E-state index is 9.42. The van der Waals surface area contributed by atoms with E-state index in [4.69, 9.17) is 14.6 Å². The van der Waals surface area contributed by atoms with Crippen LogP contribution in [-0.2, 0) is 6.42 Å². The van der Waals surface area contributed by atoms with Crippen molar-refractivity contribution >= 4 is 5.82 Å².